The molecule has 0 fully saturated rings. The second-order valence-corrected chi connectivity index (χ2v) is 3.44. The first-order chi connectivity index (χ1) is 5.81. The number of carbonyl (C=O) groups is 1. The minimum atomic E-state index is 0.719. The van der Waals surface area contributed by atoms with Gasteiger partial charge in [-0.25, -0.2) is 0 Å². The molecule has 0 radical (unpaired) electrons. The molecule has 3 heteroatoms. The van der Waals surface area contributed by atoms with Crippen molar-refractivity contribution in [3.05, 3.63) is 40.6 Å². The number of pyridine rings is 1. The molecule has 2 aromatic heterocycles. The summed E-state index contributed by atoms with van der Waals surface area (Å²) >= 11 is 3.35. The van der Waals surface area contributed by atoms with Crippen LogP contribution >= 0.6 is 15.9 Å². The summed E-state index contributed by atoms with van der Waals surface area (Å²) in [6.45, 7) is 0. The fourth-order valence-corrected chi connectivity index (χ4v) is 1.53. The van der Waals surface area contributed by atoms with E-state index in [4.69, 9.17) is 0 Å². The Bertz CT molecular complexity index is 433. The lowest BCUT2D eigenvalue weighted by Gasteiger charge is -1.95. The van der Waals surface area contributed by atoms with Crippen molar-refractivity contribution in [2.45, 2.75) is 0 Å². The number of hydrogen-bond donors (Lipinski definition) is 0. The molecule has 2 rings (SSSR count). The van der Waals surface area contributed by atoms with E-state index in [1.54, 1.807) is 6.07 Å². The molecule has 0 aliphatic carbocycles. The Balaban J connectivity index is 2.83. The van der Waals surface area contributed by atoms with Gasteiger partial charge in [-0.1, -0.05) is 15.9 Å². The second kappa shape index (κ2) is 2.75. The quantitative estimate of drug-likeness (QED) is 0.682. The monoisotopic (exact) mass is 223 g/mol. The Morgan fingerprint density at radius 1 is 1.33 bits per heavy atom. The first-order valence-electron chi connectivity index (χ1n) is 3.52. The van der Waals surface area contributed by atoms with Crippen molar-refractivity contribution < 1.29 is 4.79 Å². The van der Waals surface area contributed by atoms with Crippen molar-refractivity contribution in [2.24, 2.45) is 0 Å². The third-order valence-electron chi connectivity index (χ3n) is 1.78. The van der Waals surface area contributed by atoms with Crippen LogP contribution in [0.5, 0.6) is 0 Å². The molecule has 0 unspecified atom stereocenters. The first-order valence-corrected chi connectivity index (χ1v) is 4.32. The molecule has 0 atom stereocenters. The van der Waals surface area contributed by atoms with E-state index in [1.165, 1.54) is 0 Å². The Hall–Kier alpha value is -1.09. The standard InChI is InChI=1S/C9H6BrNO/c10-8-2-4-11-3-1-7(6-12)9(11)5-8/h1-6H. The molecule has 0 saturated heterocycles. The van der Waals surface area contributed by atoms with Gasteiger partial charge in [-0.15, -0.1) is 0 Å². The van der Waals surface area contributed by atoms with Gasteiger partial charge in [0.2, 0.25) is 0 Å². The molecule has 60 valence electrons. The predicted octanol–water partition coefficient (Wildman–Crippen LogP) is 2.51. The van der Waals surface area contributed by atoms with E-state index in [-0.39, 0.29) is 0 Å². The number of halogens is 1. The maximum atomic E-state index is 10.6. The average molecular weight is 224 g/mol. The lowest BCUT2D eigenvalue weighted by atomic mass is 10.3. The minimum absolute atomic E-state index is 0.719. The summed E-state index contributed by atoms with van der Waals surface area (Å²) in [5.41, 5.74) is 1.65. The first kappa shape index (κ1) is 7.55. The predicted molar refractivity (Wildman–Crippen MR) is 50.5 cm³/mol. The Labute approximate surface area is 77.9 Å². The number of aldehydes is 1. The number of nitrogens with zero attached hydrogens (tertiary/aromatic N) is 1. The van der Waals surface area contributed by atoms with E-state index in [0.29, 0.717) is 0 Å². The van der Waals surface area contributed by atoms with Gasteiger partial charge in [0.05, 0.1) is 5.52 Å². The zero-order chi connectivity index (χ0) is 8.55. The highest BCUT2D eigenvalue weighted by molar-refractivity contribution is 9.10. The number of rotatable bonds is 1. The van der Waals surface area contributed by atoms with Gasteiger partial charge < -0.3 is 4.40 Å². The molecule has 0 N–H and O–H groups in total. The Morgan fingerprint density at radius 3 is 2.83 bits per heavy atom. The van der Waals surface area contributed by atoms with Gasteiger partial charge >= 0.3 is 0 Å². The third kappa shape index (κ3) is 1.06. The summed E-state index contributed by atoms with van der Waals surface area (Å²) < 4.78 is 2.89. The molecular weight excluding hydrogens is 218 g/mol. The van der Waals surface area contributed by atoms with Gasteiger partial charge in [0.25, 0.3) is 0 Å². The largest absolute Gasteiger partial charge is 0.323 e. The van der Waals surface area contributed by atoms with Gasteiger partial charge in [0.15, 0.2) is 6.29 Å². The highest BCUT2D eigenvalue weighted by Gasteiger charge is 2.00. The van der Waals surface area contributed by atoms with Gasteiger partial charge in [0, 0.05) is 22.4 Å². The van der Waals surface area contributed by atoms with Crippen LogP contribution in [0, 0.1) is 0 Å². The summed E-state index contributed by atoms with van der Waals surface area (Å²) in [4.78, 5) is 10.6. The normalized spacial score (nSPS) is 10.4. The molecule has 2 heterocycles. The number of hydrogen-bond acceptors (Lipinski definition) is 1. The molecule has 2 nitrogen and oxygen atoms in total. The van der Waals surface area contributed by atoms with Crippen molar-refractivity contribution >= 4 is 27.7 Å². The average Bonchev–Trinajstić information content (AvgIpc) is 2.46. The fraction of sp³-hybridized carbons (Fsp3) is 0. The van der Waals surface area contributed by atoms with Crippen LogP contribution in [0.2, 0.25) is 0 Å². The molecule has 0 aliphatic rings. The van der Waals surface area contributed by atoms with Crippen LogP contribution in [0.3, 0.4) is 0 Å². The highest BCUT2D eigenvalue weighted by Crippen LogP contribution is 2.16. The molecule has 0 saturated carbocycles. The molecule has 0 aliphatic heterocycles. The van der Waals surface area contributed by atoms with Gasteiger partial charge in [0.1, 0.15) is 0 Å². The van der Waals surface area contributed by atoms with E-state index in [2.05, 4.69) is 15.9 Å². The lowest BCUT2D eigenvalue weighted by molar-refractivity contribution is 0.112. The molecule has 0 bridgehead atoms. The summed E-state index contributed by atoms with van der Waals surface area (Å²) in [6.07, 6.45) is 4.64. The van der Waals surface area contributed by atoms with Crippen LogP contribution in [0.25, 0.3) is 5.52 Å². The lowest BCUT2D eigenvalue weighted by Crippen LogP contribution is -1.82. The van der Waals surface area contributed by atoms with E-state index in [1.807, 2.05) is 28.9 Å². The maximum absolute atomic E-state index is 10.6. The molecule has 0 spiro atoms. The maximum Gasteiger partial charge on any atom is 0.152 e. The Kier molecular flexibility index (Phi) is 1.73. The van der Waals surface area contributed by atoms with Gasteiger partial charge in [-0.2, -0.15) is 0 Å². The third-order valence-corrected chi connectivity index (χ3v) is 2.28. The number of aromatic nitrogens is 1. The topological polar surface area (TPSA) is 21.5 Å². The van der Waals surface area contributed by atoms with Crippen molar-refractivity contribution in [3.63, 3.8) is 0 Å². The molecule has 12 heavy (non-hydrogen) atoms. The highest BCUT2D eigenvalue weighted by atomic mass is 79.9. The van der Waals surface area contributed by atoms with Crippen LogP contribution in [0.15, 0.2) is 35.1 Å². The summed E-state index contributed by atoms with van der Waals surface area (Å²) in [7, 11) is 0. The van der Waals surface area contributed by atoms with Crippen LogP contribution in [-0.2, 0) is 0 Å². The summed E-state index contributed by atoms with van der Waals surface area (Å²) in [6, 6.07) is 5.65. The van der Waals surface area contributed by atoms with Crippen LogP contribution in [0.1, 0.15) is 10.4 Å². The number of fused-ring (bicyclic) bond motifs is 1. The molecular formula is C9H6BrNO. The minimum Gasteiger partial charge on any atom is -0.323 e. The number of carbonyl (C=O) groups excluding carboxylic acids is 1. The summed E-state index contributed by atoms with van der Waals surface area (Å²) in [5.74, 6) is 0. The van der Waals surface area contributed by atoms with E-state index < -0.39 is 0 Å². The van der Waals surface area contributed by atoms with Crippen molar-refractivity contribution in [1.82, 2.24) is 4.40 Å². The van der Waals surface area contributed by atoms with Gasteiger partial charge in [-0.05, 0) is 18.2 Å². The van der Waals surface area contributed by atoms with Crippen LogP contribution in [0.4, 0.5) is 0 Å². The second-order valence-electron chi connectivity index (χ2n) is 2.53. The van der Waals surface area contributed by atoms with Crippen molar-refractivity contribution in [2.75, 3.05) is 0 Å². The fourth-order valence-electron chi connectivity index (χ4n) is 1.19. The van der Waals surface area contributed by atoms with Crippen LogP contribution in [-0.4, -0.2) is 10.7 Å². The summed E-state index contributed by atoms with van der Waals surface area (Å²) in [5, 5.41) is 0. The van der Waals surface area contributed by atoms with Crippen molar-refractivity contribution in [3.8, 4) is 0 Å². The van der Waals surface area contributed by atoms with Gasteiger partial charge in [-0.3, -0.25) is 4.79 Å². The Morgan fingerprint density at radius 2 is 2.08 bits per heavy atom. The zero-order valence-electron chi connectivity index (χ0n) is 6.20. The van der Waals surface area contributed by atoms with Crippen LogP contribution < -0.4 is 0 Å². The van der Waals surface area contributed by atoms with E-state index >= 15 is 0 Å². The molecule has 0 aromatic carbocycles. The van der Waals surface area contributed by atoms with Crippen molar-refractivity contribution in [1.29, 1.82) is 0 Å². The molecule has 2 aromatic rings. The molecule has 0 amide bonds. The SMILES string of the molecule is O=Cc1ccn2ccc(Br)cc12. The van der Waals surface area contributed by atoms with E-state index in [9.17, 15) is 4.79 Å². The van der Waals surface area contributed by atoms with E-state index in [0.717, 1.165) is 21.8 Å². The zero-order valence-corrected chi connectivity index (χ0v) is 7.78. The smallest absolute Gasteiger partial charge is 0.152 e.